The quantitative estimate of drug-likeness (QED) is 0.276. The van der Waals surface area contributed by atoms with Gasteiger partial charge in [0.05, 0.1) is 17.4 Å². The predicted octanol–water partition coefficient (Wildman–Crippen LogP) is 3.71. The summed E-state index contributed by atoms with van der Waals surface area (Å²) in [6.07, 6.45) is 3.26. The van der Waals surface area contributed by atoms with Crippen LogP contribution in [-0.4, -0.2) is 22.2 Å². The molecule has 0 fully saturated rings. The molecule has 0 aliphatic heterocycles. The highest BCUT2D eigenvalue weighted by Crippen LogP contribution is 2.26. The maximum atomic E-state index is 12.7. The van der Waals surface area contributed by atoms with Gasteiger partial charge in [0.25, 0.3) is 0 Å². The summed E-state index contributed by atoms with van der Waals surface area (Å²) in [5, 5.41) is 16.7. The van der Waals surface area contributed by atoms with Crippen LogP contribution in [0.5, 0.6) is 0 Å². The number of benzene rings is 1. The van der Waals surface area contributed by atoms with Gasteiger partial charge in [0.2, 0.25) is 0 Å². The van der Waals surface area contributed by atoms with E-state index in [1.54, 1.807) is 12.3 Å². The fourth-order valence-corrected chi connectivity index (χ4v) is 3.37. The smallest absolute Gasteiger partial charge is 0.320 e. The Labute approximate surface area is 192 Å². The Morgan fingerprint density at radius 3 is 2.64 bits per heavy atom. The molecule has 3 rings (SSSR count). The molecule has 9 nitrogen and oxygen atoms in total. The first-order valence-corrected chi connectivity index (χ1v) is 10.4. The van der Waals surface area contributed by atoms with Crippen molar-refractivity contribution in [3.63, 3.8) is 0 Å². The predicted molar refractivity (Wildman–Crippen MR) is 132 cm³/mol. The summed E-state index contributed by atoms with van der Waals surface area (Å²) < 4.78 is 0. The summed E-state index contributed by atoms with van der Waals surface area (Å²) >= 11 is 0. The normalized spacial score (nSPS) is 11.3. The topological polar surface area (TPSA) is 155 Å². The second-order valence-electron chi connectivity index (χ2n) is 7.50. The highest BCUT2D eigenvalue weighted by atomic mass is 16.2. The third kappa shape index (κ3) is 6.37. The molecule has 3 aromatic rings. The molecule has 0 aliphatic rings. The SMILES string of the molecule is C=C(N)CC(NC(=O)Nc1cc(C=N)c(Nc2ccnc(C)c2)c(CN)n1)c1ccccc1. The first kappa shape index (κ1) is 23.4. The molecule has 2 heterocycles. The van der Waals surface area contributed by atoms with Crippen LogP contribution in [0.3, 0.4) is 0 Å². The van der Waals surface area contributed by atoms with Crippen LogP contribution >= 0.6 is 0 Å². The lowest BCUT2D eigenvalue weighted by atomic mass is 10.0. The zero-order valence-corrected chi connectivity index (χ0v) is 18.4. The van der Waals surface area contributed by atoms with E-state index in [-0.39, 0.29) is 18.4 Å². The molecule has 1 unspecified atom stereocenters. The molecule has 1 atom stereocenters. The lowest BCUT2D eigenvalue weighted by Gasteiger charge is -2.20. The minimum Gasteiger partial charge on any atom is -0.402 e. The van der Waals surface area contributed by atoms with E-state index in [9.17, 15) is 4.79 Å². The zero-order valence-electron chi connectivity index (χ0n) is 18.4. The molecule has 0 saturated heterocycles. The van der Waals surface area contributed by atoms with Crippen molar-refractivity contribution < 1.29 is 4.79 Å². The maximum absolute atomic E-state index is 12.7. The Hall–Kier alpha value is -4.24. The highest BCUT2D eigenvalue weighted by molar-refractivity contribution is 5.93. The lowest BCUT2D eigenvalue weighted by molar-refractivity contribution is 0.248. The van der Waals surface area contributed by atoms with Gasteiger partial charge in [-0.2, -0.15) is 0 Å². The number of aryl methyl sites for hydroxylation is 1. The van der Waals surface area contributed by atoms with E-state index >= 15 is 0 Å². The number of amides is 2. The van der Waals surface area contributed by atoms with Crippen molar-refractivity contribution in [2.45, 2.75) is 25.9 Å². The second-order valence-corrected chi connectivity index (χ2v) is 7.50. The molecule has 9 heteroatoms. The number of carbonyl (C=O) groups is 1. The van der Waals surface area contributed by atoms with E-state index < -0.39 is 6.03 Å². The average Bonchev–Trinajstić information content (AvgIpc) is 2.79. The van der Waals surface area contributed by atoms with E-state index in [4.69, 9.17) is 16.9 Å². The van der Waals surface area contributed by atoms with Crippen LogP contribution in [0, 0.1) is 12.3 Å². The number of anilines is 3. The first-order chi connectivity index (χ1) is 15.9. The fourth-order valence-electron chi connectivity index (χ4n) is 3.37. The van der Waals surface area contributed by atoms with Gasteiger partial charge in [0.1, 0.15) is 5.82 Å². The molecule has 2 amide bonds. The van der Waals surface area contributed by atoms with Gasteiger partial charge < -0.3 is 27.5 Å². The van der Waals surface area contributed by atoms with Crippen LogP contribution in [0.15, 0.2) is 67.0 Å². The molecule has 0 saturated carbocycles. The van der Waals surface area contributed by atoms with Crippen molar-refractivity contribution in [2.75, 3.05) is 10.6 Å². The molecule has 0 radical (unpaired) electrons. The number of rotatable bonds is 9. The van der Waals surface area contributed by atoms with Gasteiger partial charge in [0, 0.05) is 48.0 Å². The van der Waals surface area contributed by atoms with Crippen molar-refractivity contribution in [3.05, 3.63) is 89.5 Å². The molecule has 0 bridgehead atoms. The van der Waals surface area contributed by atoms with Crippen molar-refractivity contribution in [1.29, 1.82) is 5.41 Å². The van der Waals surface area contributed by atoms with Crippen molar-refractivity contribution in [2.24, 2.45) is 11.5 Å². The Balaban J connectivity index is 1.82. The van der Waals surface area contributed by atoms with Crippen LogP contribution in [0.4, 0.5) is 22.0 Å². The maximum Gasteiger partial charge on any atom is 0.320 e. The Bertz CT molecular complexity index is 1150. The van der Waals surface area contributed by atoms with E-state index in [1.807, 2.05) is 49.4 Å². The van der Waals surface area contributed by atoms with Gasteiger partial charge in [-0.1, -0.05) is 36.9 Å². The van der Waals surface area contributed by atoms with Crippen LogP contribution < -0.4 is 27.4 Å². The van der Waals surface area contributed by atoms with Gasteiger partial charge in [0.15, 0.2) is 0 Å². The van der Waals surface area contributed by atoms with E-state index in [0.717, 1.165) is 16.9 Å². The molecular formula is C24H28N8O. The summed E-state index contributed by atoms with van der Waals surface area (Å²) in [6.45, 7) is 5.75. The second kappa shape index (κ2) is 10.9. The minimum atomic E-state index is -0.457. The van der Waals surface area contributed by atoms with Gasteiger partial charge in [-0.3, -0.25) is 10.3 Å². The average molecular weight is 445 g/mol. The number of hydrogen-bond donors (Lipinski definition) is 6. The highest BCUT2D eigenvalue weighted by Gasteiger charge is 2.17. The first-order valence-electron chi connectivity index (χ1n) is 10.4. The summed E-state index contributed by atoms with van der Waals surface area (Å²) in [5.74, 6) is 0.279. The molecule has 170 valence electrons. The number of hydrogen-bond acceptors (Lipinski definition) is 7. The van der Waals surface area contributed by atoms with Gasteiger partial charge in [-0.15, -0.1) is 0 Å². The van der Waals surface area contributed by atoms with Gasteiger partial charge in [-0.05, 0) is 30.7 Å². The largest absolute Gasteiger partial charge is 0.402 e. The Morgan fingerprint density at radius 2 is 2.00 bits per heavy atom. The van der Waals surface area contributed by atoms with Crippen LogP contribution in [0.1, 0.15) is 35.0 Å². The van der Waals surface area contributed by atoms with Crippen LogP contribution in [-0.2, 0) is 6.54 Å². The number of nitrogens with one attached hydrogen (secondary N) is 4. The van der Waals surface area contributed by atoms with Crippen molar-refractivity contribution in [1.82, 2.24) is 15.3 Å². The number of urea groups is 1. The zero-order chi connectivity index (χ0) is 23.8. The Morgan fingerprint density at radius 1 is 1.24 bits per heavy atom. The molecule has 0 spiro atoms. The molecule has 2 aromatic heterocycles. The summed E-state index contributed by atoms with van der Waals surface area (Å²) in [4.78, 5) is 21.4. The monoisotopic (exact) mass is 444 g/mol. The molecule has 1 aromatic carbocycles. The van der Waals surface area contributed by atoms with E-state index in [2.05, 4.69) is 32.5 Å². The number of carbonyl (C=O) groups excluding carboxylic acids is 1. The van der Waals surface area contributed by atoms with Crippen LogP contribution in [0.2, 0.25) is 0 Å². The van der Waals surface area contributed by atoms with E-state index in [1.165, 1.54) is 6.21 Å². The number of aromatic nitrogens is 2. The Kier molecular flexibility index (Phi) is 7.72. The number of nitrogens with two attached hydrogens (primary N) is 2. The van der Waals surface area contributed by atoms with Crippen LogP contribution in [0.25, 0.3) is 0 Å². The number of pyridine rings is 2. The molecule has 0 aliphatic carbocycles. The number of nitrogens with zero attached hydrogens (tertiary/aromatic N) is 2. The summed E-state index contributed by atoms with van der Waals surface area (Å²) in [5.41, 5.74) is 16.4. The lowest BCUT2D eigenvalue weighted by Crippen LogP contribution is -2.33. The minimum absolute atomic E-state index is 0.115. The third-order valence-electron chi connectivity index (χ3n) is 4.85. The summed E-state index contributed by atoms with van der Waals surface area (Å²) in [6, 6.07) is 14.0. The van der Waals surface area contributed by atoms with E-state index in [0.29, 0.717) is 29.1 Å². The molecule has 8 N–H and O–H groups in total. The fraction of sp³-hybridized carbons (Fsp3) is 0.167. The molecular weight excluding hydrogens is 416 g/mol. The van der Waals surface area contributed by atoms with Gasteiger partial charge in [-0.25, -0.2) is 9.78 Å². The molecule has 33 heavy (non-hydrogen) atoms. The van der Waals surface area contributed by atoms with Crippen molar-refractivity contribution in [3.8, 4) is 0 Å². The standard InChI is InChI=1S/C24H28N8O/c1-15(27)10-20(17-6-4-3-5-7-17)31-24(33)32-22-12-18(13-25)23(21(14-26)30-22)29-19-8-9-28-16(2)11-19/h3-9,11-13,20,25H,1,10,14,26-27H2,2H3,(H,28,29)(H2,30,31,32,33). The van der Waals surface area contributed by atoms with Crippen molar-refractivity contribution >= 4 is 29.4 Å². The third-order valence-corrected chi connectivity index (χ3v) is 4.85. The van der Waals surface area contributed by atoms with Gasteiger partial charge >= 0.3 is 6.03 Å². The summed E-state index contributed by atoms with van der Waals surface area (Å²) in [7, 11) is 0.